The molecule has 0 atom stereocenters. The molecule has 4 rings (SSSR count). The lowest BCUT2D eigenvalue weighted by Gasteiger charge is -2.29. The maximum atomic E-state index is 15.0. The number of unbranched alkanes of at least 4 members (excludes halogenated alkanes) is 1. The van der Waals surface area contributed by atoms with Crippen molar-refractivity contribution in [2.75, 3.05) is 0 Å². The smallest absolute Gasteiger partial charge is 0.166 e. The maximum absolute atomic E-state index is 15.0. The van der Waals surface area contributed by atoms with Crippen molar-refractivity contribution in [2.45, 2.75) is 57.8 Å². The van der Waals surface area contributed by atoms with Crippen LogP contribution in [0.2, 0.25) is 0 Å². The van der Waals surface area contributed by atoms with Gasteiger partial charge >= 0.3 is 0 Å². The van der Waals surface area contributed by atoms with E-state index in [0.717, 1.165) is 43.2 Å². The highest BCUT2D eigenvalue weighted by Gasteiger charge is 2.24. The lowest BCUT2D eigenvalue weighted by Crippen LogP contribution is -2.14. The highest BCUT2D eigenvalue weighted by Crippen LogP contribution is 2.40. The molecule has 0 nitrogen and oxygen atoms in total. The van der Waals surface area contributed by atoms with Crippen molar-refractivity contribution in [1.82, 2.24) is 0 Å². The van der Waals surface area contributed by atoms with E-state index in [9.17, 15) is 17.6 Å². The van der Waals surface area contributed by atoms with Crippen molar-refractivity contribution < 1.29 is 17.6 Å². The van der Waals surface area contributed by atoms with Crippen LogP contribution in [0.1, 0.15) is 63.4 Å². The van der Waals surface area contributed by atoms with Crippen molar-refractivity contribution in [3.05, 3.63) is 71.3 Å². The van der Waals surface area contributed by atoms with Gasteiger partial charge in [0.25, 0.3) is 0 Å². The fourth-order valence-corrected chi connectivity index (χ4v) is 4.80. The highest BCUT2D eigenvalue weighted by molar-refractivity contribution is 5.88. The molecule has 1 aliphatic carbocycles. The zero-order valence-electron chi connectivity index (χ0n) is 17.2. The van der Waals surface area contributed by atoms with Gasteiger partial charge in [-0.3, -0.25) is 0 Å². The Morgan fingerprint density at radius 2 is 1.50 bits per heavy atom. The summed E-state index contributed by atoms with van der Waals surface area (Å²) in [5.74, 6) is -2.20. The predicted molar refractivity (Wildman–Crippen MR) is 113 cm³/mol. The van der Waals surface area contributed by atoms with Gasteiger partial charge in [-0.2, -0.15) is 0 Å². The Hall–Kier alpha value is -2.36. The standard InChI is InChI=1S/C26H26F4/c1-2-3-4-16-5-7-17(8-6-16)20-14-23(28)25(24(29)15-20)19-9-11-21-18(13-19)10-12-22(27)26(21)30/h9-17H,2-8H2,1H3. The second-order valence-corrected chi connectivity index (χ2v) is 8.52. The Labute approximate surface area is 174 Å². The summed E-state index contributed by atoms with van der Waals surface area (Å²) in [6.07, 6.45) is 7.85. The molecule has 0 N–H and O–H groups in total. The zero-order valence-corrected chi connectivity index (χ0v) is 17.2. The van der Waals surface area contributed by atoms with E-state index in [4.69, 9.17) is 0 Å². The van der Waals surface area contributed by atoms with E-state index in [1.807, 2.05) is 0 Å². The van der Waals surface area contributed by atoms with Gasteiger partial charge in [0.1, 0.15) is 11.6 Å². The third-order valence-corrected chi connectivity index (χ3v) is 6.54. The summed E-state index contributed by atoms with van der Waals surface area (Å²) in [5, 5.41) is 0.496. The van der Waals surface area contributed by atoms with E-state index in [1.165, 1.54) is 55.7 Å². The molecule has 1 aliphatic rings. The molecule has 3 aromatic rings. The van der Waals surface area contributed by atoms with Gasteiger partial charge in [0.15, 0.2) is 11.6 Å². The molecule has 1 fully saturated rings. The van der Waals surface area contributed by atoms with E-state index >= 15 is 0 Å². The molecule has 0 saturated heterocycles. The SMILES string of the molecule is CCCCC1CCC(c2cc(F)c(-c3ccc4c(F)c(F)ccc4c3)c(F)c2)CC1. The van der Waals surface area contributed by atoms with Crippen molar-refractivity contribution in [3.8, 4) is 11.1 Å². The number of halogens is 4. The summed E-state index contributed by atoms with van der Waals surface area (Å²) in [4.78, 5) is 0. The monoisotopic (exact) mass is 414 g/mol. The minimum Gasteiger partial charge on any atom is -0.206 e. The lowest BCUT2D eigenvalue weighted by molar-refractivity contribution is 0.303. The fourth-order valence-electron chi connectivity index (χ4n) is 4.80. The predicted octanol–water partition coefficient (Wildman–Crippen LogP) is 8.53. The molecule has 158 valence electrons. The first kappa shape index (κ1) is 20.9. The van der Waals surface area contributed by atoms with Gasteiger partial charge in [0.2, 0.25) is 0 Å². The zero-order chi connectivity index (χ0) is 21.3. The van der Waals surface area contributed by atoms with Gasteiger partial charge in [-0.05, 0) is 78.3 Å². The second-order valence-electron chi connectivity index (χ2n) is 8.52. The van der Waals surface area contributed by atoms with Crippen LogP contribution in [-0.2, 0) is 0 Å². The van der Waals surface area contributed by atoms with Gasteiger partial charge in [0.05, 0.1) is 5.56 Å². The molecular weight excluding hydrogens is 388 g/mol. The van der Waals surface area contributed by atoms with Crippen LogP contribution < -0.4 is 0 Å². The van der Waals surface area contributed by atoms with E-state index in [0.29, 0.717) is 10.9 Å². The van der Waals surface area contributed by atoms with Gasteiger partial charge in [-0.15, -0.1) is 0 Å². The molecular formula is C26H26F4. The Morgan fingerprint density at radius 1 is 0.800 bits per heavy atom. The first-order valence-electron chi connectivity index (χ1n) is 10.8. The van der Waals surface area contributed by atoms with Gasteiger partial charge in [-0.25, -0.2) is 17.6 Å². The van der Waals surface area contributed by atoms with Crippen LogP contribution in [0.15, 0.2) is 42.5 Å². The summed E-state index contributed by atoms with van der Waals surface area (Å²) < 4.78 is 57.3. The van der Waals surface area contributed by atoms with E-state index in [2.05, 4.69) is 6.92 Å². The number of fused-ring (bicyclic) bond motifs is 1. The Morgan fingerprint density at radius 3 is 2.17 bits per heavy atom. The highest BCUT2D eigenvalue weighted by atomic mass is 19.2. The molecule has 0 aromatic heterocycles. The minimum absolute atomic E-state index is 0.0935. The third kappa shape index (κ3) is 4.10. The lowest BCUT2D eigenvalue weighted by atomic mass is 9.77. The normalized spacial score (nSPS) is 19.4. The molecule has 1 saturated carbocycles. The molecule has 4 heteroatoms. The van der Waals surface area contributed by atoms with E-state index < -0.39 is 23.3 Å². The molecule has 0 spiro atoms. The van der Waals surface area contributed by atoms with Crippen LogP contribution in [0.25, 0.3) is 21.9 Å². The number of benzene rings is 3. The number of hydrogen-bond donors (Lipinski definition) is 0. The summed E-state index contributed by atoms with van der Waals surface area (Å²) in [7, 11) is 0. The van der Waals surface area contributed by atoms with Crippen LogP contribution in [0.4, 0.5) is 17.6 Å². The van der Waals surface area contributed by atoms with Crippen LogP contribution in [-0.4, -0.2) is 0 Å². The quantitative estimate of drug-likeness (QED) is 0.367. The fraction of sp³-hybridized carbons (Fsp3) is 0.385. The summed E-state index contributed by atoms with van der Waals surface area (Å²) >= 11 is 0. The Balaban J connectivity index is 1.59. The van der Waals surface area contributed by atoms with E-state index in [-0.39, 0.29) is 16.9 Å². The van der Waals surface area contributed by atoms with E-state index in [1.54, 1.807) is 0 Å². The molecule has 0 heterocycles. The second kappa shape index (κ2) is 8.79. The van der Waals surface area contributed by atoms with Crippen molar-refractivity contribution >= 4 is 10.8 Å². The summed E-state index contributed by atoms with van der Waals surface area (Å²) in [5.41, 5.74) is 0.914. The molecule has 30 heavy (non-hydrogen) atoms. The van der Waals surface area contributed by atoms with Crippen LogP contribution in [0, 0.1) is 29.2 Å². The maximum Gasteiger partial charge on any atom is 0.166 e. The molecule has 0 radical (unpaired) electrons. The van der Waals surface area contributed by atoms with Gasteiger partial charge in [0, 0.05) is 5.39 Å². The first-order chi connectivity index (χ1) is 14.5. The molecule has 3 aromatic carbocycles. The number of hydrogen-bond acceptors (Lipinski definition) is 0. The average molecular weight is 414 g/mol. The van der Waals surface area contributed by atoms with Crippen LogP contribution >= 0.6 is 0 Å². The molecule has 0 unspecified atom stereocenters. The van der Waals surface area contributed by atoms with Crippen molar-refractivity contribution in [2.24, 2.45) is 5.92 Å². The molecule has 0 bridgehead atoms. The van der Waals surface area contributed by atoms with Crippen LogP contribution in [0.3, 0.4) is 0 Å². The summed E-state index contributed by atoms with van der Waals surface area (Å²) in [6, 6.07) is 9.64. The largest absolute Gasteiger partial charge is 0.206 e. The third-order valence-electron chi connectivity index (χ3n) is 6.54. The molecule has 0 aliphatic heterocycles. The Kier molecular flexibility index (Phi) is 6.12. The van der Waals surface area contributed by atoms with Crippen molar-refractivity contribution in [1.29, 1.82) is 0 Å². The average Bonchev–Trinajstić information content (AvgIpc) is 2.75. The number of rotatable bonds is 5. The Bertz CT molecular complexity index is 1030. The minimum atomic E-state index is -0.954. The summed E-state index contributed by atoms with van der Waals surface area (Å²) in [6.45, 7) is 2.20. The molecule has 0 amide bonds. The first-order valence-corrected chi connectivity index (χ1v) is 10.8. The van der Waals surface area contributed by atoms with Gasteiger partial charge in [-0.1, -0.05) is 44.4 Å². The van der Waals surface area contributed by atoms with Gasteiger partial charge < -0.3 is 0 Å². The van der Waals surface area contributed by atoms with Crippen molar-refractivity contribution in [3.63, 3.8) is 0 Å². The topological polar surface area (TPSA) is 0 Å². The van der Waals surface area contributed by atoms with Crippen LogP contribution in [0.5, 0.6) is 0 Å².